The van der Waals surface area contributed by atoms with Crippen LogP contribution in [0, 0.1) is 0 Å². The van der Waals surface area contributed by atoms with Crippen molar-refractivity contribution >= 4 is 38.3 Å². The van der Waals surface area contributed by atoms with Crippen molar-refractivity contribution < 1.29 is 9.15 Å². The Morgan fingerprint density at radius 3 is 2.31 bits per heavy atom. The lowest BCUT2D eigenvalue weighted by atomic mass is 9.85. The largest absolute Gasteiger partial charge is 0.481 e. The molecule has 4 nitrogen and oxygen atoms in total. The molecular formula is C32H20N2O2. The molecule has 2 aliphatic rings. The van der Waals surface area contributed by atoms with Gasteiger partial charge in [-0.05, 0) is 58.8 Å². The average molecular weight is 465 g/mol. The van der Waals surface area contributed by atoms with Gasteiger partial charge in [0.15, 0.2) is 11.3 Å². The van der Waals surface area contributed by atoms with Gasteiger partial charge in [-0.25, -0.2) is 0 Å². The van der Waals surface area contributed by atoms with Gasteiger partial charge in [0, 0.05) is 40.2 Å². The zero-order chi connectivity index (χ0) is 23.6. The molecule has 0 amide bonds. The Labute approximate surface area is 207 Å². The van der Waals surface area contributed by atoms with Crippen molar-refractivity contribution in [1.82, 2.24) is 9.97 Å². The molecule has 4 heteroatoms. The third-order valence-corrected chi connectivity index (χ3v) is 7.32. The highest BCUT2D eigenvalue weighted by molar-refractivity contribution is 6.22. The molecule has 0 fully saturated rings. The smallest absolute Gasteiger partial charge is 0.178 e. The van der Waals surface area contributed by atoms with E-state index in [-0.39, 0.29) is 12.0 Å². The maximum atomic E-state index is 6.67. The molecule has 2 unspecified atom stereocenters. The first kappa shape index (κ1) is 19.6. The monoisotopic (exact) mass is 464 g/mol. The summed E-state index contributed by atoms with van der Waals surface area (Å²) >= 11 is 0. The van der Waals surface area contributed by atoms with E-state index < -0.39 is 0 Å². The summed E-state index contributed by atoms with van der Waals surface area (Å²) in [7, 11) is 0. The average Bonchev–Trinajstić information content (AvgIpc) is 3.52. The summed E-state index contributed by atoms with van der Waals surface area (Å²) in [5.74, 6) is 0.969. The maximum Gasteiger partial charge on any atom is 0.178 e. The van der Waals surface area contributed by atoms with Gasteiger partial charge in [-0.3, -0.25) is 9.97 Å². The van der Waals surface area contributed by atoms with Crippen LogP contribution in [0.1, 0.15) is 17.2 Å². The van der Waals surface area contributed by atoms with Crippen molar-refractivity contribution in [3.63, 3.8) is 0 Å². The lowest BCUT2D eigenvalue weighted by Crippen LogP contribution is -2.17. The minimum Gasteiger partial charge on any atom is -0.481 e. The van der Waals surface area contributed by atoms with Crippen LogP contribution in [0.5, 0.6) is 5.75 Å². The third kappa shape index (κ3) is 2.75. The summed E-state index contributed by atoms with van der Waals surface area (Å²) in [6.07, 6.45) is 10.1. The molecule has 0 radical (unpaired) electrons. The normalized spacial score (nSPS) is 18.3. The maximum absolute atomic E-state index is 6.67. The molecule has 170 valence electrons. The van der Waals surface area contributed by atoms with Crippen molar-refractivity contribution in [2.24, 2.45) is 0 Å². The molecule has 3 aromatic heterocycles. The number of hydrogen-bond acceptors (Lipinski definition) is 4. The molecule has 6 aromatic rings. The Kier molecular flexibility index (Phi) is 4.03. The number of ether oxygens (including phenoxy) is 1. The van der Waals surface area contributed by atoms with E-state index >= 15 is 0 Å². The second-order valence-electron chi connectivity index (χ2n) is 9.32. The molecule has 8 rings (SSSR count). The molecule has 0 saturated heterocycles. The third-order valence-electron chi connectivity index (χ3n) is 7.32. The van der Waals surface area contributed by atoms with E-state index in [1.165, 1.54) is 16.3 Å². The quantitative estimate of drug-likeness (QED) is 0.263. The molecule has 4 heterocycles. The molecule has 0 saturated carbocycles. The van der Waals surface area contributed by atoms with Crippen LogP contribution in [-0.2, 0) is 0 Å². The van der Waals surface area contributed by atoms with E-state index in [1.807, 2.05) is 48.8 Å². The van der Waals surface area contributed by atoms with Crippen LogP contribution in [0.3, 0.4) is 0 Å². The molecule has 1 aliphatic carbocycles. The number of rotatable bonds is 2. The Balaban J connectivity index is 1.36. The van der Waals surface area contributed by atoms with Crippen LogP contribution >= 0.6 is 0 Å². The van der Waals surface area contributed by atoms with E-state index in [0.29, 0.717) is 0 Å². The highest BCUT2D eigenvalue weighted by Gasteiger charge is 2.38. The van der Waals surface area contributed by atoms with Crippen LogP contribution < -0.4 is 4.74 Å². The number of nitrogens with zero attached hydrogens (tertiary/aromatic N) is 2. The van der Waals surface area contributed by atoms with Gasteiger partial charge in [0.1, 0.15) is 11.7 Å². The fourth-order valence-corrected chi connectivity index (χ4v) is 5.71. The molecule has 0 spiro atoms. The second-order valence-corrected chi connectivity index (χ2v) is 9.32. The Morgan fingerprint density at radius 1 is 0.722 bits per heavy atom. The predicted octanol–water partition coefficient (Wildman–Crippen LogP) is 7.69. The second kappa shape index (κ2) is 7.40. The van der Waals surface area contributed by atoms with Crippen LogP contribution in [0.15, 0.2) is 114 Å². The zero-order valence-electron chi connectivity index (χ0n) is 19.3. The first-order valence-corrected chi connectivity index (χ1v) is 12.2. The lowest BCUT2D eigenvalue weighted by molar-refractivity contribution is 0.269. The van der Waals surface area contributed by atoms with Gasteiger partial charge < -0.3 is 9.15 Å². The summed E-state index contributed by atoms with van der Waals surface area (Å²) in [4.78, 5) is 9.04. The van der Waals surface area contributed by atoms with Gasteiger partial charge in [0.05, 0.1) is 11.4 Å². The fourth-order valence-electron chi connectivity index (χ4n) is 5.71. The van der Waals surface area contributed by atoms with Gasteiger partial charge in [0.2, 0.25) is 0 Å². The molecular weight excluding hydrogens is 444 g/mol. The highest BCUT2D eigenvalue weighted by atomic mass is 16.5. The number of allylic oxidation sites excluding steroid dienone is 2. The number of hydrogen-bond donors (Lipinski definition) is 0. The van der Waals surface area contributed by atoms with Crippen molar-refractivity contribution in [2.45, 2.75) is 12.0 Å². The molecule has 1 aliphatic heterocycles. The van der Waals surface area contributed by atoms with Crippen molar-refractivity contribution in [3.8, 4) is 17.0 Å². The van der Waals surface area contributed by atoms with Gasteiger partial charge in [0.25, 0.3) is 0 Å². The van der Waals surface area contributed by atoms with Crippen LogP contribution in [0.4, 0.5) is 0 Å². The van der Waals surface area contributed by atoms with Crippen LogP contribution in [0.2, 0.25) is 0 Å². The number of benzene rings is 3. The zero-order valence-corrected chi connectivity index (χ0v) is 19.3. The van der Waals surface area contributed by atoms with E-state index in [0.717, 1.165) is 50.2 Å². The van der Waals surface area contributed by atoms with Crippen LogP contribution in [0.25, 0.3) is 49.5 Å². The Hall–Kier alpha value is -4.70. The topological polar surface area (TPSA) is 48.2 Å². The van der Waals surface area contributed by atoms with E-state index in [4.69, 9.17) is 9.15 Å². The van der Waals surface area contributed by atoms with Crippen molar-refractivity contribution in [3.05, 3.63) is 121 Å². The van der Waals surface area contributed by atoms with E-state index in [9.17, 15) is 0 Å². The molecule has 3 aromatic carbocycles. The van der Waals surface area contributed by atoms with Crippen molar-refractivity contribution in [2.75, 3.05) is 0 Å². The molecule has 0 N–H and O–H groups in total. The van der Waals surface area contributed by atoms with Crippen LogP contribution in [-0.4, -0.2) is 16.1 Å². The number of aromatic nitrogens is 2. The van der Waals surface area contributed by atoms with Crippen molar-refractivity contribution in [1.29, 1.82) is 0 Å². The number of furan rings is 1. The Morgan fingerprint density at radius 2 is 1.50 bits per heavy atom. The number of pyridine rings is 2. The molecule has 2 atom stereocenters. The van der Waals surface area contributed by atoms with Gasteiger partial charge in [-0.15, -0.1) is 0 Å². The minimum absolute atomic E-state index is 0.103. The van der Waals surface area contributed by atoms with Gasteiger partial charge >= 0.3 is 0 Å². The summed E-state index contributed by atoms with van der Waals surface area (Å²) < 4.78 is 13.2. The number of fused-ring (bicyclic) bond motifs is 10. The summed E-state index contributed by atoms with van der Waals surface area (Å²) in [6.45, 7) is 0. The highest BCUT2D eigenvalue weighted by Crippen LogP contribution is 2.52. The summed E-state index contributed by atoms with van der Waals surface area (Å²) in [5, 5.41) is 4.59. The fraction of sp³-hybridized carbons (Fsp3) is 0.0625. The standard InChI is InChI=1S/C32H20N2O2/c1-2-8-22-21(7-1)29-23-13-11-19(25-9-3-5-15-33-25)17-27(23)35-31(29)32-30(22)24-14-12-20(18-28(24)36-32)26-10-4-6-16-34-26/h1-18,23,27H. The first-order chi connectivity index (χ1) is 17.8. The SMILES string of the molecule is C1=CC2c3c(c4oc5cc(-c6ccccn6)ccc5c4c4ccccc34)OC2C=C1c1ccccn1. The van der Waals surface area contributed by atoms with Gasteiger partial charge in [-0.2, -0.15) is 0 Å². The first-order valence-electron chi connectivity index (χ1n) is 12.2. The minimum atomic E-state index is -0.103. The lowest BCUT2D eigenvalue weighted by Gasteiger charge is -2.18. The Bertz CT molecular complexity index is 1870. The summed E-state index contributed by atoms with van der Waals surface area (Å²) in [5.41, 5.74) is 6.83. The molecule has 36 heavy (non-hydrogen) atoms. The predicted molar refractivity (Wildman–Crippen MR) is 143 cm³/mol. The van der Waals surface area contributed by atoms with E-state index in [1.54, 1.807) is 0 Å². The van der Waals surface area contributed by atoms with E-state index in [2.05, 4.69) is 70.7 Å². The molecule has 0 bridgehead atoms. The summed E-state index contributed by atoms with van der Waals surface area (Å²) in [6, 6.07) is 26.9. The van der Waals surface area contributed by atoms with Gasteiger partial charge in [-0.1, -0.05) is 54.6 Å².